The number of Topliss-reactive ketones (excluding diaryl/α,β-unsaturated/α-hetero) is 3. The van der Waals surface area contributed by atoms with Crippen molar-refractivity contribution in [1.82, 2.24) is 0 Å². The third-order valence-electron chi connectivity index (χ3n) is 4.96. The lowest BCUT2D eigenvalue weighted by atomic mass is 9.76. The van der Waals surface area contributed by atoms with Crippen molar-refractivity contribution in [2.75, 3.05) is 7.11 Å². The first-order chi connectivity index (χ1) is 12.0. The van der Waals surface area contributed by atoms with Crippen LogP contribution in [0, 0.1) is 11.8 Å². The number of esters is 1. The van der Waals surface area contributed by atoms with Gasteiger partial charge in [-0.15, -0.1) is 0 Å². The summed E-state index contributed by atoms with van der Waals surface area (Å²) < 4.78 is 4.60. The largest absolute Gasteiger partial charge is 0.468 e. The minimum atomic E-state index is -1.24. The van der Waals surface area contributed by atoms with E-state index in [1.54, 1.807) is 0 Å². The van der Waals surface area contributed by atoms with E-state index in [0.29, 0.717) is 6.42 Å². The van der Waals surface area contributed by atoms with Crippen molar-refractivity contribution in [2.24, 2.45) is 11.8 Å². The predicted octanol–water partition coefficient (Wildman–Crippen LogP) is 3.81. The molecule has 0 amide bonds. The molecule has 0 saturated heterocycles. The number of carbonyl (C=O) groups is 4. The second-order valence-electron chi connectivity index (χ2n) is 6.96. The van der Waals surface area contributed by atoms with E-state index in [4.69, 9.17) is 0 Å². The number of hydrogen-bond donors (Lipinski definition) is 0. The summed E-state index contributed by atoms with van der Waals surface area (Å²) in [6.07, 6.45) is 10.7. The molecule has 1 aliphatic carbocycles. The Morgan fingerprint density at radius 2 is 1.52 bits per heavy atom. The van der Waals surface area contributed by atoms with Gasteiger partial charge in [0, 0.05) is 12.8 Å². The van der Waals surface area contributed by atoms with E-state index in [-0.39, 0.29) is 30.8 Å². The lowest BCUT2D eigenvalue weighted by molar-refractivity contribution is -0.154. The Bertz CT molecular complexity index is 469. The van der Waals surface area contributed by atoms with Gasteiger partial charge in [-0.2, -0.15) is 0 Å². The van der Waals surface area contributed by atoms with Gasteiger partial charge in [-0.25, -0.2) is 0 Å². The Morgan fingerprint density at radius 3 is 2.08 bits per heavy atom. The van der Waals surface area contributed by atoms with Crippen LogP contribution in [0.4, 0.5) is 0 Å². The fraction of sp³-hybridized carbons (Fsp3) is 0.800. The molecule has 0 aromatic heterocycles. The van der Waals surface area contributed by atoms with Gasteiger partial charge >= 0.3 is 5.97 Å². The zero-order chi connectivity index (χ0) is 18.7. The molecule has 1 aliphatic rings. The van der Waals surface area contributed by atoms with Gasteiger partial charge in [-0.3, -0.25) is 19.2 Å². The zero-order valence-electron chi connectivity index (χ0n) is 15.7. The average molecular weight is 352 g/mol. The van der Waals surface area contributed by atoms with Crippen LogP contribution in [-0.4, -0.2) is 30.4 Å². The molecule has 1 saturated carbocycles. The number of ether oxygens (including phenoxy) is 1. The van der Waals surface area contributed by atoms with Crippen molar-refractivity contribution in [1.29, 1.82) is 0 Å². The quantitative estimate of drug-likeness (QED) is 0.303. The Labute approximate surface area is 150 Å². The number of carbonyl (C=O) groups excluding carboxylic acids is 4. The van der Waals surface area contributed by atoms with Crippen LogP contribution >= 0.6 is 0 Å². The lowest BCUT2D eigenvalue weighted by Crippen LogP contribution is -2.43. The van der Waals surface area contributed by atoms with Crippen molar-refractivity contribution < 1.29 is 23.9 Å². The molecule has 0 N–H and O–H groups in total. The van der Waals surface area contributed by atoms with Crippen LogP contribution in [0.3, 0.4) is 0 Å². The number of unbranched alkanes of at least 4 members (excludes halogenated alkanes) is 8. The average Bonchev–Trinajstić information content (AvgIpc) is 2.59. The Hall–Kier alpha value is -1.52. The molecule has 0 aromatic rings. The number of rotatable bonds is 12. The molecule has 0 unspecified atom stereocenters. The van der Waals surface area contributed by atoms with E-state index >= 15 is 0 Å². The van der Waals surface area contributed by atoms with Crippen molar-refractivity contribution >= 4 is 23.3 Å². The Balaban J connectivity index is 2.29. The van der Waals surface area contributed by atoms with Crippen molar-refractivity contribution in [3.8, 4) is 0 Å². The molecule has 5 heteroatoms. The summed E-state index contributed by atoms with van der Waals surface area (Å²) in [5.74, 6) is -4.08. The number of hydrogen-bond acceptors (Lipinski definition) is 5. The molecular formula is C20H32O5. The molecule has 142 valence electrons. The van der Waals surface area contributed by atoms with Gasteiger partial charge in [-0.1, -0.05) is 58.3 Å². The van der Waals surface area contributed by atoms with Crippen LogP contribution in [0.1, 0.15) is 84.0 Å². The monoisotopic (exact) mass is 352 g/mol. The summed E-state index contributed by atoms with van der Waals surface area (Å²) in [5, 5.41) is 0. The first-order valence-corrected chi connectivity index (χ1v) is 9.69. The molecule has 1 rings (SSSR count). The van der Waals surface area contributed by atoms with Crippen LogP contribution in [-0.2, 0) is 23.9 Å². The first kappa shape index (κ1) is 21.5. The second kappa shape index (κ2) is 11.9. The Morgan fingerprint density at radius 1 is 0.960 bits per heavy atom. The smallest absolute Gasteiger partial charge is 0.316 e. The maximum atomic E-state index is 12.3. The van der Waals surface area contributed by atoms with Gasteiger partial charge in [-0.05, 0) is 12.8 Å². The number of methoxy groups -OCH3 is 1. The van der Waals surface area contributed by atoms with Gasteiger partial charge in [0.1, 0.15) is 11.8 Å². The highest BCUT2D eigenvalue weighted by Gasteiger charge is 2.44. The highest BCUT2D eigenvalue weighted by atomic mass is 16.5. The van der Waals surface area contributed by atoms with E-state index in [2.05, 4.69) is 11.7 Å². The molecule has 25 heavy (non-hydrogen) atoms. The fourth-order valence-electron chi connectivity index (χ4n) is 3.40. The topological polar surface area (TPSA) is 77.5 Å². The van der Waals surface area contributed by atoms with Crippen molar-refractivity contribution in [3.63, 3.8) is 0 Å². The lowest BCUT2D eigenvalue weighted by Gasteiger charge is -2.24. The fourth-order valence-corrected chi connectivity index (χ4v) is 3.40. The van der Waals surface area contributed by atoms with E-state index < -0.39 is 23.6 Å². The molecule has 0 radical (unpaired) electrons. The highest BCUT2D eigenvalue weighted by molar-refractivity contribution is 6.24. The summed E-state index contributed by atoms with van der Waals surface area (Å²) in [5.41, 5.74) is 0. The second-order valence-corrected chi connectivity index (χ2v) is 6.96. The minimum absolute atomic E-state index is 0.0969. The van der Waals surface area contributed by atoms with Gasteiger partial charge in [0.25, 0.3) is 0 Å². The van der Waals surface area contributed by atoms with Gasteiger partial charge in [0.05, 0.1) is 7.11 Å². The van der Waals surface area contributed by atoms with E-state index in [0.717, 1.165) is 12.8 Å². The first-order valence-electron chi connectivity index (χ1n) is 9.69. The summed E-state index contributed by atoms with van der Waals surface area (Å²) in [6.45, 7) is 2.20. The predicted molar refractivity (Wildman–Crippen MR) is 95.1 cm³/mol. The van der Waals surface area contributed by atoms with E-state index in [1.807, 2.05) is 0 Å². The van der Waals surface area contributed by atoms with Crippen molar-refractivity contribution in [2.45, 2.75) is 84.0 Å². The third-order valence-corrected chi connectivity index (χ3v) is 4.96. The maximum absolute atomic E-state index is 12.3. The van der Waals surface area contributed by atoms with E-state index in [9.17, 15) is 19.2 Å². The summed E-state index contributed by atoms with van der Waals surface area (Å²) >= 11 is 0. The van der Waals surface area contributed by atoms with Crippen LogP contribution in [0.2, 0.25) is 0 Å². The zero-order valence-corrected chi connectivity index (χ0v) is 15.7. The Kier molecular flexibility index (Phi) is 10.3. The third kappa shape index (κ3) is 7.09. The molecule has 2 atom stereocenters. The normalized spacial score (nSPS) is 20.6. The van der Waals surface area contributed by atoms with Gasteiger partial charge < -0.3 is 4.74 Å². The maximum Gasteiger partial charge on any atom is 0.316 e. The van der Waals surface area contributed by atoms with Crippen molar-refractivity contribution in [3.05, 3.63) is 0 Å². The SMILES string of the molecule is CCCCCCCCCCCC(=O)[C@@H]1C(=O)CC[C@H](C(=O)OC)C1=O. The van der Waals surface area contributed by atoms with Gasteiger partial charge in [0.2, 0.25) is 0 Å². The molecule has 5 nitrogen and oxygen atoms in total. The van der Waals surface area contributed by atoms with Crippen LogP contribution in [0.25, 0.3) is 0 Å². The van der Waals surface area contributed by atoms with Gasteiger partial charge in [0.15, 0.2) is 17.3 Å². The summed E-state index contributed by atoms with van der Waals surface area (Å²) in [6, 6.07) is 0. The molecule has 0 heterocycles. The molecule has 1 fully saturated rings. The van der Waals surface area contributed by atoms with Crippen LogP contribution in [0.5, 0.6) is 0 Å². The highest BCUT2D eigenvalue weighted by Crippen LogP contribution is 2.26. The summed E-state index contributed by atoms with van der Waals surface area (Å²) in [4.78, 5) is 48.2. The minimum Gasteiger partial charge on any atom is -0.468 e. The molecule has 0 bridgehead atoms. The number of ketones is 3. The van der Waals surface area contributed by atoms with Crippen LogP contribution in [0.15, 0.2) is 0 Å². The van der Waals surface area contributed by atoms with E-state index in [1.165, 1.54) is 45.6 Å². The standard InChI is InChI=1S/C20H32O5/c1-3-4-5-6-7-8-9-10-11-12-16(21)18-17(22)14-13-15(19(18)23)20(24)25-2/h15,18H,3-14H2,1-2H3/t15-,18+/m0/s1. The molecule has 0 aromatic carbocycles. The molecular weight excluding hydrogens is 320 g/mol. The summed E-state index contributed by atoms with van der Waals surface area (Å²) in [7, 11) is 1.21. The molecule has 0 aliphatic heterocycles. The molecule has 0 spiro atoms. The van der Waals surface area contributed by atoms with Crippen LogP contribution < -0.4 is 0 Å².